The van der Waals surface area contributed by atoms with E-state index < -0.39 is 0 Å². The van der Waals surface area contributed by atoms with Crippen molar-refractivity contribution in [2.24, 2.45) is 0 Å². The van der Waals surface area contributed by atoms with Crippen LogP contribution in [0.5, 0.6) is 0 Å². The van der Waals surface area contributed by atoms with E-state index in [9.17, 15) is 0 Å². The van der Waals surface area contributed by atoms with Crippen molar-refractivity contribution in [2.45, 2.75) is 65.3 Å². The molecule has 2 nitrogen and oxygen atoms in total. The summed E-state index contributed by atoms with van der Waals surface area (Å²) in [5.74, 6) is 0. The van der Waals surface area contributed by atoms with Crippen molar-refractivity contribution in [3.63, 3.8) is 0 Å². The summed E-state index contributed by atoms with van der Waals surface area (Å²) in [4.78, 5) is 2.36. The van der Waals surface area contributed by atoms with Crippen LogP contribution in [0.15, 0.2) is 97.7 Å². The first kappa shape index (κ1) is 25.0. The number of hydrogen-bond donors (Lipinski definition) is 0. The van der Waals surface area contributed by atoms with Gasteiger partial charge in [0, 0.05) is 47.6 Å². The largest absolute Gasteiger partial charge is 0.310 e. The second-order valence-corrected chi connectivity index (χ2v) is 11.4. The molecule has 37 heavy (non-hydrogen) atoms. The quantitative estimate of drug-likeness (QED) is 0.254. The third kappa shape index (κ3) is 4.19. The van der Waals surface area contributed by atoms with E-state index in [0.29, 0.717) is 0 Å². The van der Waals surface area contributed by atoms with Crippen LogP contribution in [-0.2, 0) is 11.0 Å². The molecule has 4 aromatic rings. The van der Waals surface area contributed by atoms with Crippen molar-refractivity contribution >= 4 is 22.6 Å². The molecule has 0 atom stereocenters. The summed E-state index contributed by atoms with van der Waals surface area (Å²) in [6, 6.07) is 31.3. The van der Waals surface area contributed by atoms with Crippen LogP contribution in [0.2, 0.25) is 0 Å². The number of anilines is 3. The predicted molar refractivity (Wildman–Crippen MR) is 158 cm³/mol. The molecule has 1 aromatic heterocycles. The molecule has 1 aliphatic rings. The number of benzene rings is 3. The van der Waals surface area contributed by atoms with Gasteiger partial charge in [-0.2, -0.15) is 4.57 Å². The maximum absolute atomic E-state index is 4.65. The minimum Gasteiger partial charge on any atom is -0.310 e. The van der Waals surface area contributed by atoms with E-state index in [2.05, 4.69) is 149 Å². The monoisotopic (exact) mass is 487 g/mol. The lowest BCUT2D eigenvalue weighted by Gasteiger charge is -2.35. The van der Waals surface area contributed by atoms with Crippen LogP contribution >= 0.6 is 0 Å². The Morgan fingerprint density at radius 2 is 1.35 bits per heavy atom. The first-order valence-corrected chi connectivity index (χ1v) is 13.5. The molecule has 0 bridgehead atoms. The maximum atomic E-state index is 4.65. The van der Waals surface area contributed by atoms with E-state index in [4.69, 9.17) is 0 Å². The molecule has 0 N–H and O–H groups in total. The number of rotatable bonds is 5. The van der Waals surface area contributed by atoms with Crippen LogP contribution in [0.25, 0.3) is 16.8 Å². The average molecular weight is 488 g/mol. The summed E-state index contributed by atoms with van der Waals surface area (Å²) in [6.07, 6.45) is 4.26. The van der Waals surface area contributed by atoms with Gasteiger partial charge in [0.1, 0.15) is 0 Å². The summed E-state index contributed by atoms with van der Waals surface area (Å²) in [6.45, 7) is 18.1. The van der Waals surface area contributed by atoms with Crippen LogP contribution in [0.4, 0.5) is 17.1 Å². The zero-order valence-electron chi connectivity index (χ0n) is 23.2. The van der Waals surface area contributed by atoms with Gasteiger partial charge in [-0.15, -0.1) is 0 Å². The summed E-state index contributed by atoms with van der Waals surface area (Å²) in [5, 5.41) is 0. The highest BCUT2D eigenvalue weighted by molar-refractivity contribution is 5.87. The van der Waals surface area contributed by atoms with Crippen LogP contribution in [0, 0.1) is 6.92 Å². The Bertz CT molecular complexity index is 1430. The van der Waals surface area contributed by atoms with Crippen molar-refractivity contribution in [3.05, 3.63) is 114 Å². The van der Waals surface area contributed by atoms with Crippen LogP contribution in [0.3, 0.4) is 0 Å². The van der Waals surface area contributed by atoms with E-state index in [1.807, 2.05) is 0 Å². The van der Waals surface area contributed by atoms with Gasteiger partial charge in [0.2, 0.25) is 5.69 Å². The second kappa shape index (κ2) is 9.34. The molecule has 2 heteroatoms. The fraction of sp³-hybridized carbons (Fsp3) is 0.286. The molecular formula is C35H39N2+. The van der Waals surface area contributed by atoms with E-state index in [-0.39, 0.29) is 11.0 Å². The van der Waals surface area contributed by atoms with Gasteiger partial charge in [0.25, 0.3) is 0 Å². The number of hydrogen-bond acceptors (Lipinski definition) is 1. The highest BCUT2D eigenvalue weighted by atomic mass is 15.1. The standard InChI is InChI=1S/C35H39N2/c1-8-35(9-2)26(4)31-22-21-30(24-32(31)33-12-10-11-23-36(33)35)37(28-17-13-25(3)14-18-28)29-19-15-27(16-20-29)34(5,6)7/h10-24H,4,8-9H2,1-3,5-7H3/q+1. The Balaban J connectivity index is 1.70. The third-order valence-corrected chi connectivity index (χ3v) is 8.20. The molecule has 0 aliphatic carbocycles. The molecule has 0 unspecified atom stereocenters. The van der Waals surface area contributed by atoms with Crippen molar-refractivity contribution in [1.29, 1.82) is 0 Å². The fourth-order valence-electron chi connectivity index (χ4n) is 5.85. The lowest BCUT2D eigenvalue weighted by Crippen LogP contribution is -2.59. The molecule has 0 fully saturated rings. The van der Waals surface area contributed by atoms with E-state index >= 15 is 0 Å². The highest BCUT2D eigenvalue weighted by Gasteiger charge is 2.46. The summed E-state index contributed by atoms with van der Waals surface area (Å²) in [5.41, 5.74) is 11.0. The van der Waals surface area contributed by atoms with Gasteiger partial charge in [0.05, 0.1) is 5.56 Å². The van der Waals surface area contributed by atoms with E-state index in [0.717, 1.165) is 29.9 Å². The van der Waals surface area contributed by atoms with Crippen molar-refractivity contribution in [1.82, 2.24) is 0 Å². The van der Waals surface area contributed by atoms with Crippen molar-refractivity contribution < 1.29 is 4.57 Å². The predicted octanol–water partition coefficient (Wildman–Crippen LogP) is 9.26. The second-order valence-electron chi connectivity index (χ2n) is 11.4. The Hall–Kier alpha value is -3.65. The first-order valence-electron chi connectivity index (χ1n) is 13.5. The lowest BCUT2D eigenvalue weighted by atomic mass is 9.75. The smallest absolute Gasteiger partial charge is 0.213 e. The SMILES string of the molecule is C=C1c2ccc(N(c3ccc(C)cc3)c3ccc(C(C)(C)C)cc3)cc2-c2cccc[n+]2C1(CC)CC. The Morgan fingerprint density at radius 3 is 1.95 bits per heavy atom. The molecule has 5 rings (SSSR count). The van der Waals surface area contributed by atoms with Gasteiger partial charge in [-0.3, -0.25) is 0 Å². The molecule has 188 valence electrons. The summed E-state index contributed by atoms with van der Waals surface area (Å²) in [7, 11) is 0. The number of allylic oxidation sites excluding steroid dienone is 1. The first-order chi connectivity index (χ1) is 17.7. The van der Waals surface area contributed by atoms with Gasteiger partial charge >= 0.3 is 0 Å². The molecule has 3 aromatic carbocycles. The van der Waals surface area contributed by atoms with Gasteiger partial charge in [-0.1, -0.05) is 77.1 Å². The number of fused-ring (bicyclic) bond motifs is 3. The Kier molecular flexibility index (Phi) is 6.31. The highest BCUT2D eigenvalue weighted by Crippen LogP contribution is 2.46. The molecule has 0 radical (unpaired) electrons. The van der Waals surface area contributed by atoms with Gasteiger partial charge < -0.3 is 4.90 Å². The van der Waals surface area contributed by atoms with Gasteiger partial charge in [0.15, 0.2) is 11.7 Å². The Labute approximate surface area is 222 Å². The number of nitrogens with zero attached hydrogens (tertiary/aromatic N) is 2. The third-order valence-electron chi connectivity index (χ3n) is 8.20. The van der Waals surface area contributed by atoms with Gasteiger partial charge in [-0.25, -0.2) is 0 Å². The molecule has 0 saturated heterocycles. The molecule has 0 saturated carbocycles. The molecule has 0 spiro atoms. The molecule has 0 amide bonds. The normalized spacial score (nSPS) is 14.2. The molecule has 2 heterocycles. The zero-order valence-corrected chi connectivity index (χ0v) is 23.2. The van der Waals surface area contributed by atoms with Crippen molar-refractivity contribution in [2.75, 3.05) is 4.90 Å². The zero-order chi connectivity index (χ0) is 26.4. The van der Waals surface area contributed by atoms with Gasteiger partial charge in [-0.05, 0) is 65.9 Å². The minimum absolute atomic E-state index is 0.0927. The minimum atomic E-state index is -0.0927. The number of aryl methyl sites for hydroxylation is 1. The van der Waals surface area contributed by atoms with Crippen molar-refractivity contribution in [3.8, 4) is 11.3 Å². The Morgan fingerprint density at radius 1 is 0.757 bits per heavy atom. The number of aromatic nitrogens is 1. The van der Waals surface area contributed by atoms with Crippen LogP contribution < -0.4 is 9.47 Å². The average Bonchev–Trinajstić information content (AvgIpc) is 2.90. The topological polar surface area (TPSA) is 7.12 Å². The number of pyridine rings is 1. The molecular weight excluding hydrogens is 448 g/mol. The van der Waals surface area contributed by atoms with E-state index in [1.54, 1.807) is 0 Å². The molecule has 1 aliphatic heterocycles. The van der Waals surface area contributed by atoms with E-state index in [1.165, 1.54) is 33.5 Å². The fourth-order valence-corrected chi connectivity index (χ4v) is 5.85. The summed E-state index contributed by atoms with van der Waals surface area (Å²) < 4.78 is 2.45. The van der Waals surface area contributed by atoms with Crippen LogP contribution in [-0.4, -0.2) is 0 Å². The van der Waals surface area contributed by atoms with Crippen LogP contribution in [0.1, 0.15) is 64.2 Å². The maximum Gasteiger partial charge on any atom is 0.213 e. The summed E-state index contributed by atoms with van der Waals surface area (Å²) >= 11 is 0. The lowest BCUT2D eigenvalue weighted by molar-refractivity contribution is -0.741.